The van der Waals surface area contributed by atoms with Crippen LogP contribution in [0.5, 0.6) is 0 Å². The Hall–Kier alpha value is 0.620. The second-order valence-electron chi connectivity index (χ2n) is 7.31. The summed E-state index contributed by atoms with van der Waals surface area (Å²) in [6.45, 7) is 16.9. The van der Waals surface area contributed by atoms with Crippen LogP contribution in [0.4, 0.5) is 0 Å². The monoisotopic (exact) mass is 316 g/mol. The van der Waals surface area contributed by atoms with E-state index in [2.05, 4.69) is 66.0 Å². The molecule has 2 saturated heterocycles. The fourth-order valence-corrected chi connectivity index (χ4v) is 6.14. The van der Waals surface area contributed by atoms with E-state index in [0.717, 1.165) is 6.04 Å². The van der Waals surface area contributed by atoms with Crippen LogP contribution in [-0.2, 0) is 0 Å². The maximum absolute atomic E-state index is 2.69. The molecule has 0 radical (unpaired) electrons. The highest BCUT2D eigenvalue weighted by Gasteiger charge is 2.58. The fourth-order valence-electron chi connectivity index (χ4n) is 3.46. The maximum atomic E-state index is 2.69. The van der Waals surface area contributed by atoms with Crippen LogP contribution in [0.1, 0.15) is 53.9 Å². The van der Waals surface area contributed by atoms with E-state index in [4.69, 9.17) is 0 Å². The fraction of sp³-hybridized carbons (Fsp3) is 1.00. The Labute approximate surface area is 133 Å². The minimum atomic E-state index is 0.369. The molecule has 3 atom stereocenters. The van der Waals surface area contributed by atoms with Crippen LogP contribution in [0.25, 0.3) is 0 Å². The Morgan fingerprint density at radius 1 is 1.25 bits per heavy atom. The molecule has 0 spiro atoms. The second-order valence-corrected chi connectivity index (χ2v) is 10.4. The van der Waals surface area contributed by atoms with Gasteiger partial charge in [0, 0.05) is 48.3 Å². The summed E-state index contributed by atoms with van der Waals surface area (Å²) in [7, 11) is 4.18. The van der Waals surface area contributed by atoms with Gasteiger partial charge in [0.25, 0.3) is 0 Å². The summed E-state index contributed by atoms with van der Waals surface area (Å²) in [5.74, 6) is 1.31. The van der Waals surface area contributed by atoms with Crippen LogP contribution in [0, 0.1) is 0 Å². The van der Waals surface area contributed by atoms with Gasteiger partial charge in [-0.2, -0.15) is 0 Å². The highest BCUT2D eigenvalue weighted by atomic mass is 33.1. The molecule has 2 aliphatic heterocycles. The van der Waals surface area contributed by atoms with Gasteiger partial charge in [0.15, 0.2) is 0 Å². The molecule has 3 unspecified atom stereocenters. The molecule has 0 amide bonds. The molecule has 4 heteroatoms. The zero-order chi connectivity index (χ0) is 14.8. The van der Waals surface area contributed by atoms with Crippen LogP contribution in [0.2, 0.25) is 0 Å². The molecule has 2 aliphatic rings. The lowest BCUT2D eigenvalue weighted by Crippen LogP contribution is -2.48. The van der Waals surface area contributed by atoms with Gasteiger partial charge in [-0.3, -0.25) is 9.80 Å². The molecule has 0 aromatic carbocycles. The first-order valence-electron chi connectivity index (χ1n) is 8.19. The Bertz CT molecular complexity index is 322. The lowest BCUT2D eigenvalue weighted by atomic mass is 10.1. The van der Waals surface area contributed by atoms with Gasteiger partial charge in [0.2, 0.25) is 0 Å². The third kappa shape index (κ3) is 4.08. The van der Waals surface area contributed by atoms with E-state index >= 15 is 0 Å². The zero-order valence-corrected chi connectivity index (χ0v) is 15.6. The second kappa shape index (κ2) is 6.80. The van der Waals surface area contributed by atoms with Crippen LogP contribution < -0.4 is 0 Å². The van der Waals surface area contributed by atoms with Crippen molar-refractivity contribution in [1.82, 2.24) is 9.80 Å². The standard InChI is InChI=1S/C16H32N2S2/c1-6-7-8-11-19-20-15(3,4)12-17-9-10-18-14(2)16(18,5)13-17/h14H,6-13H2,1-5H3. The van der Waals surface area contributed by atoms with Crippen LogP contribution >= 0.6 is 21.6 Å². The average molecular weight is 317 g/mol. The molecule has 0 saturated carbocycles. The van der Waals surface area contributed by atoms with Gasteiger partial charge in [-0.15, -0.1) is 0 Å². The van der Waals surface area contributed by atoms with Crippen molar-refractivity contribution in [1.29, 1.82) is 0 Å². The van der Waals surface area contributed by atoms with Crippen molar-refractivity contribution < 1.29 is 0 Å². The van der Waals surface area contributed by atoms with E-state index in [-0.39, 0.29) is 0 Å². The lowest BCUT2D eigenvalue weighted by Gasteiger charge is -2.36. The molecule has 2 fully saturated rings. The average Bonchev–Trinajstić information content (AvgIpc) is 2.90. The van der Waals surface area contributed by atoms with E-state index in [1.807, 2.05) is 0 Å². The maximum Gasteiger partial charge on any atom is 0.0464 e. The molecule has 0 aliphatic carbocycles. The van der Waals surface area contributed by atoms with Gasteiger partial charge in [0.1, 0.15) is 0 Å². The Morgan fingerprint density at radius 2 is 2.00 bits per heavy atom. The molecule has 0 aromatic heterocycles. The van der Waals surface area contributed by atoms with E-state index in [9.17, 15) is 0 Å². The molecule has 2 rings (SSSR count). The Morgan fingerprint density at radius 3 is 2.65 bits per heavy atom. The van der Waals surface area contributed by atoms with Crippen molar-refractivity contribution in [2.24, 2.45) is 0 Å². The van der Waals surface area contributed by atoms with Gasteiger partial charge in [-0.05, 0) is 34.1 Å². The largest absolute Gasteiger partial charge is 0.299 e. The van der Waals surface area contributed by atoms with Gasteiger partial charge < -0.3 is 0 Å². The Balaban J connectivity index is 1.69. The SMILES string of the molecule is CCCCCSSC(C)(C)CN1CCN2C(C)C2(C)C1. The number of rotatable bonds is 8. The molecular formula is C16H32N2S2. The third-order valence-corrected chi connectivity index (χ3v) is 8.24. The highest BCUT2D eigenvalue weighted by molar-refractivity contribution is 8.77. The number of unbranched alkanes of at least 4 members (excludes halogenated alkanes) is 2. The molecular weight excluding hydrogens is 284 g/mol. The summed E-state index contributed by atoms with van der Waals surface area (Å²) in [6, 6.07) is 0.798. The van der Waals surface area contributed by atoms with Crippen molar-refractivity contribution in [2.45, 2.75) is 70.2 Å². The van der Waals surface area contributed by atoms with E-state index < -0.39 is 0 Å². The molecule has 2 heterocycles. The molecule has 0 N–H and O–H groups in total. The van der Waals surface area contributed by atoms with Crippen molar-refractivity contribution >= 4 is 21.6 Å². The van der Waals surface area contributed by atoms with Crippen molar-refractivity contribution in [3.05, 3.63) is 0 Å². The molecule has 2 nitrogen and oxygen atoms in total. The van der Waals surface area contributed by atoms with Crippen LogP contribution in [0.15, 0.2) is 0 Å². The number of fused-ring (bicyclic) bond motifs is 1. The quantitative estimate of drug-likeness (QED) is 0.377. The Kier molecular flexibility index (Phi) is 5.78. The van der Waals surface area contributed by atoms with Gasteiger partial charge in [-0.25, -0.2) is 0 Å². The summed E-state index contributed by atoms with van der Waals surface area (Å²) in [5, 5.41) is 0. The topological polar surface area (TPSA) is 6.25 Å². The molecule has 0 aromatic rings. The van der Waals surface area contributed by atoms with Crippen molar-refractivity contribution in [3.63, 3.8) is 0 Å². The third-order valence-electron chi connectivity index (χ3n) is 4.88. The van der Waals surface area contributed by atoms with E-state index in [0.29, 0.717) is 10.3 Å². The normalized spacial score (nSPS) is 34.0. The minimum absolute atomic E-state index is 0.369. The molecule has 0 bridgehead atoms. The van der Waals surface area contributed by atoms with E-state index in [1.54, 1.807) is 0 Å². The summed E-state index contributed by atoms with van der Waals surface area (Å²) >= 11 is 0. The predicted octanol–water partition coefficient (Wildman–Crippen LogP) is 4.12. The summed E-state index contributed by atoms with van der Waals surface area (Å²) in [5.41, 5.74) is 0.479. The lowest BCUT2D eigenvalue weighted by molar-refractivity contribution is 0.164. The van der Waals surface area contributed by atoms with Crippen LogP contribution in [-0.4, -0.2) is 58.1 Å². The summed E-state index contributed by atoms with van der Waals surface area (Å²) in [4.78, 5) is 5.35. The number of hydrogen-bond donors (Lipinski definition) is 0. The molecule has 20 heavy (non-hydrogen) atoms. The minimum Gasteiger partial charge on any atom is -0.299 e. The summed E-state index contributed by atoms with van der Waals surface area (Å²) < 4.78 is 0.369. The first-order chi connectivity index (χ1) is 9.39. The smallest absolute Gasteiger partial charge is 0.0464 e. The molecule has 118 valence electrons. The number of hydrogen-bond acceptors (Lipinski definition) is 4. The summed E-state index contributed by atoms with van der Waals surface area (Å²) in [6.07, 6.45) is 4.08. The van der Waals surface area contributed by atoms with Crippen molar-refractivity contribution in [2.75, 3.05) is 31.9 Å². The first-order valence-corrected chi connectivity index (χ1v) is 10.5. The van der Waals surface area contributed by atoms with Gasteiger partial charge >= 0.3 is 0 Å². The number of nitrogens with zero attached hydrogens (tertiary/aromatic N) is 2. The van der Waals surface area contributed by atoms with Crippen LogP contribution in [0.3, 0.4) is 0 Å². The number of piperazine rings is 1. The highest BCUT2D eigenvalue weighted by Crippen LogP contribution is 2.44. The first kappa shape index (κ1) is 17.0. The van der Waals surface area contributed by atoms with E-state index in [1.165, 1.54) is 51.2 Å². The van der Waals surface area contributed by atoms with Crippen molar-refractivity contribution in [3.8, 4) is 0 Å². The van der Waals surface area contributed by atoms with Gasteiger partial charge in [0.05, 0.1) is 0 Å². The zero-order valence-electron chi connectivity index (χ0n) is 13.9. The predicted molar refractivity (Wildman–Crippen MR) is 94.7 cm³/mol. The van der Waals surface area contributed by atoms with Gasteiger partial charge in [-0.1, -0.05) is 41.4 Å².